The summed E-state index contributed by atoms with van der Waals surface area (Å²) < 4.78 is 5.99. The molecular formula is C19H20N4O2. The first-order valence-electron chi connectivity index (χ1n) is 8.67. The average molecular weight is 336 g/mol. The highest BCUT2D eigenvalue weighted by atomic mass is 16.4. The lowest BCUT2D eigenvalue weighted by Crippen LogP contribution is -2.38. The summed E-state index contributed by atoms with van der Waals surface area (Å²) in [4.78, 5) is 17.8. The van der Waals surface area contributed by atoms with Gasteiger partial charge in [0.2, 0.25) is 23.4 Å². The molecule has 1 aromatic heterocycles. The van der Waals surface area contributed by atoms with Gasteiger partial charge in [0.25, 0.3) is 0 Å². The number of carbonyl (C=O) groups is 1. The fraction of sp³-hybridized carbons (Fsp3) is 0.421. The van der Waals surface area contributed by atoms with Crippen LogP contribution in [0.3, 0.4) is 0 Å². The fourth-order valence-electron chi connectivity index (χ4n) is 3.68. The number of nitriles is 1. The van der Waals surface area contributed by atoms with Crippen molar-refractivity contribution in [1.82, 2.24) is 4.98 Å². The summed E-state index contributed by atoms with van der Waals surface area (Å²) in [5.41, 5.74) is 7.01. The lowest BCUT2D eigenvalue weighted by atomic mass is 9.96. The van der Waals surface area contributed by atoms with Crippen LogP contribution in [0.2, 0.25) is 0 Å². The van der Waals surface area contributed by atoms with Crippen molar-refractivity contribution in [2.24, 2.45) is 11.7 Å². The van der Waals surface area contributed by atoms with Crippen molar-refractivity contribution in [3.8, 4) is 6.07 Å². The first kappa shape index (κ1) is 15.7. The second-order valence-corrected chi connectivity index (χ2v) is 6.84. The van der Waals surface area contributed by atoms with Crippen molar-refractivity contribution >= 4 is 11.8 Å². The van der Waals surface area contributed by atoms with E-state index in [9.17, 15) is 10.1 Å². The van der Waals surface area contributed by atoms with Crippen molar-refractivity contribution < 1.29 is 9.21 Å². The molecule has 1 aliphatic carbocycles. The lowest BCUT2D eigenvalue weighted by molar-refractivity contribution is -0.122. The minimum Gasteiger partial charge on any atom is -0.423 e. The predicted molar refractivity (Wildman–Crippen MR) is 91.9 cm³/mol. The van der Waals surface area contributed by atoms with Crippen LogP contribution in [-0.2, 0) is 4.79 Å². The third-order valence-corrected chi connectivity index (χ3v) is 5.25. The Morgan fingerprint density at radius 2 is 1.96 bits per heavy atom. The standard InChI is InChI=1S/C19H20N4O2/c20-11-16-19(23-8-6-13(7-9-23)17(21)24)25-18(22-16)15-10-14(15)12-4-2-1-3-5-12/h1-5,13-15H,6-10H2,(H2,21,24). The molecule has 1 saturated heterocycles. The number of amides is 1. The van der Waals surface area contributed by atoms with Gasteiger partial charge < -0.3 is 15.1 Å². The van der Waals surface area contributed by atoms with E-state index in [1.54, 1.807) is 0 Å². The molecule has 25 heavy (non-hydrogen) atoms. The van der Waals surface area contributed by atoms with Crippen molar-refractivity contribution in [2.75, 3.05) is 18.0 Å². The monoisotopic (exact) mass is 336 g/mol. The number of rotatable bonds is 4. The van der Waals surface area contributed by atoms with Crippen molar-refractivity contribution in [1.29, 1.82) is 5.26 Å². The van der Waals surface area contributed by atoms with Crippen LogP contribution in [0.4, 0.5) is 5.88 Å². The van der Waals surface area contributed by atoms with Gasteiger partial charge in [0, 0.05) is 24.9 Å². The molecule has 1 aromatic carbocycles. The second kappa shape index (κ2) is 6.25. The third-order valence-electron chi connectivity index (χ3n) is 5.25. The van der Waals surface area contributed by atoms with Crippen LogP contribution in [0, 0.1) is 17.2 Å². The van der Waals surface area contributed by atoms with Crippen LogP contribution in [-0.4, -0.2) is 24.0 Å². The van der Waals surface area contributed by atoms with E-state index in [0.29, 0.717) is 49.3 Å². The van der Waals surface area contributed by atoms with E-state index in [1.807, 2.05) is 23.1 Å². The van der Waals surface area contributed by atoms with Crippen LogP contribution in [0.25, 0.3) is 0 Å². The van der Waals surface area contributed by atoms with E-state index in [0.717, 1.165) is 6.42 Å². The zero-order valence-electron chi connectivity index (χ0n) is 13.9. The Labute approximate surface area is 146 Å². The molecule has 1 amide bonds. The molecule has 2 N–H and O–H groups in total. The van der Waals surface area contributed by atoms with Gasteiger partial charge in [-0.2, -0.15) is 5.26 Å². The van der Waals surface area contributed by atoms with Crippen LogP contribution in [0.5, 0.6) is 0 Å². The molecule has 2 atom stereocenters. The first-order valence-corrected chi connectivity index (χ1v) is 8.67. The van der Waals surface area contributed by atoms with E-state index in [2.05, 4.69) is 23.2 Å². The summed E-state index contributed by atoms with van der Waals surface area (Å²) >= 11 is 0. The van der Waals surface area contributed by atoms with E-state index in [1.165, 1.54) is 5.56 Å². The van der Waals surface area contributed by atoms with Gasteiger partial charge in [-0.1, -0.05) is 30.3 Å². The van der Waals surface area contributed by atoms with Crippen LogP contribution >= 0.6 is 0 Å². The molecule has 1 saturated carbocycles. The van der Waals surface area contributed by atoms with Gasteiger partial charge in [-0.15, -0.1) is 0 Å². The van der Waals surface area contributed by atoms with E-state index >= 15 is 0 Å². The summed E-state index contributed by atoms with van der Waals surface area (Å²) in [6.45, 7) is 1.31. The maximum absolute atomic E-state index is 11.3. The number of hydrogen-bond donors (Lipinski definition) is 1. The molecule has 6 nitrogen and oxygen atoms in total. The Morgan fingerprint density at radius 1 is 1.24 bits per heavy atom. The van der Waals surface area contributed by atoms with E-state index in [-0.39, 0.29) is 17.7 Å². The van der Waals surface area contributed by atoms with Gasteiger partial charge in [-0.3, -0.25) is 4.79 Å². The summed E-state index contributed by atoms with van der Waals surface area (Å²) in [7, 11) is 0. The molecule has 0 spiro atoms. The molecule has 0 bridgehead atoms. The minimum absolute atomic E-state index is 0.0879. The molecule has 2 unspecified atom stereocenters. The quantitative estimate of drug-likeness (QED) is 0.925. The van der Waals surface area contributed by atoms with Crippen LogP contribution in [0.15, 0.2) is 34.7 Å². The molecule has 2 fully saturated rings. The smallest absolute Gasteiger partial charge is 0.234 e. The third kappa shape index (κ3) is 2.98. The zero-order chi connectivity index (χ0) is 17.4. The maximum atomic E-state index is 11.3. The number of nitrogens with two attached hydrogens (primary N) is 1. The number of primary amides is 1. The van der Waals surface area contributed by atoms with E-state index in [4.69, 9.17) is 10.2 Å². The molecule has 4 rings (SSSR count). The van der Waals surface area contributed by atoms with Gasteiger partial charge >= 0.3 is 0 Å². The number of carbonyl (C=O) groups excluding carboxylic acids is 1. The van der Waals surface area contributed by atoms with Gasteiger partial charge in [0.1, 0.15) is 6.07 Å². The van der Waals surface area contributed by atoms with Crippen LogP contribution in [0.1, 0.15) is 48.2 Å². The lowest BCUT2D eigenvalue weighted by Gasteiger charge is -2.30. The normalized spacial score (nSPS) is 23.2. The zero-order valence-corrected chi connectivity index (χ0v) is 13.9. The first-order chi connectivity index (χ1) is 12.2. The molecule has 1 aliphatic heterocycles. The SMILES string of the molecule is N#Cc1nc(C2CC2c2ccccc2)oc1N1CCC(C(N)=O)CC1. The Kier molecular flexibility index (Phi) is 3.92. The molecule has 2 heterocycles. The van der Waals surface area contributed by atoms with Crippen molar-refractivity contribution in [3.05, 3.63) is 47.5 Å². The topological polar surface area (TPSA) is 96.2 Å². The Hall–Kier alpha value is -2.81. The summed E-state index contributed by atoms with van der Waals surface area (Å²) in [6, 6.07) is 12.5. The van der Waals surface area contributed by atoms with Gasteiger partial charge in [0.15, 0.2) is 0 Å². The Balaban J connectivity index is 1.50. The Morgan fingerprint density at radius 3 is 2.60 bits per heavy atom. The molecule has 6 heteroatoms. The number of nitrogens with zero attached hydrogens (tertiary/aromatic N) is 3. The molecule has 2 aromatic rings. The van der Waals surface area contributed by atoms with Crippen molar-refractivity contribution in [3.63, 3.8) is 0 Å². The number of aromatic nitrogens is 1. The predicted octanol–water partition coefficient (Wildman–Crippen LogP) is 2.52. The Bertz CT molecular complexity index is 816. The number of hydrogen-bond acceptors (Lipinski definition) is 5. The largest absolute Gasteiger partial charge is 0.423 e. The number of benzene rings is 1. The maximum Gasteiger partial charge on any atom is 0.234 e. The van der Waals surface area contributed by atoms with Crippen LogP contribution < -0.4 is 10.6 Å². The van der Waals surface area contributed by atoms with Gasteiger partial charge in [0.05, 0.1) is 0 Å². The van der Waals surface area contributed by atoms with Gasteiger partial charge in [-0.05, 0) is 30.7 Å². The molecular weight excluding hydrogens is 316 g/mol. The number of anilines is 1. The summed E-state index contributed by atoms with van der Waals surface area (Å²) in [6.07, 6.45) is 2.37. The second-order valence-electron chi connectivity index (χ2n) is 6.84. The molecule has 0 radical (unpaired) electrons. The highest BCUT2D eigenvalue weighted by molar-refractivity contribution is 5.77. The summed E-state index contributed by atoms with van der Waals surface area (Å²) in [5, 5.41) is 9.41. The fourth-order valence-corrected chi connectivity index (χ4v) is 3.68. The van der Waals surface area contributed by atoms with E-state index < -0.39 is 0 Å². The minimum atomic E-state index is -0.248. The highest BCUT2D eigenvalue weighted by Gasteiger charge is 2.44. The number of oxazole rings is 1. The number of piperidine rings is 1. The van der Waals surface area contributed by atoms with Gasteiger partial charge in [-0.25, -0.2) is 4.98 Å². The van der Waals surface area contributed by atoms with Crippen molar-refractivity contribution in [2.45, 2.75) is 31.1 Å². The molecule has 128 valence electrons. The molecule has 2 aliphatic rings. The highest BCUT2D eigenvalue weighted by Crippen LogP contribution is 2.54. The summed E-state index contributed by atoms with van der Waals surface area (Å²) in [5.74, 6) is 1.51. The average Bonchev–Trinajstić information content (AvgIpc) is 3.34.